The van der Waals surface area contributed by atoms with Gasteiger partial charge in [0.2, 0.25) is 0 Å². The van der Waals surface area contributed by atoms with Gasteiger partial charge in [0, 0.05) is 18.6 Å². The minimum atomic E-state index is -1.01. The summed E-state index contributed by atoms with van der Waals surface area (Å²) in [5.41, 5.74) is 0.0446. The van der Waals surface area contributed by atoms with Gasteiger partial charge in [-0.15, -0.1) is 0 Å². The number of carboxylic acids is 1. The van der Waals surface area contributed by atoms with Crippen LogP contribution >= 0.6 is 0 Å². The van der Waals surface area contributed by atoms with Gasteiger partial charge in [-0.05, 0) is 31.4 Å². The molecule has 1 atom stereocenters. The van der Waals surface area contributed by atoms with Gasteiger partial charge in [-0.3, -0.25) is 0 Å². The van der Waals surface area contributed by atoms with E-state index >= 15 is 0 Å². The largest absolute Gasteiger partial charge is 0.477 e. The van der Waals surface area contributed by atoms with E-state index in [0.717, 1.165) is 19.4 Å². The summed E-state index contributed by atoms with van der Waals surface area (Å²) in [5.74, 6) is -0.419. The third-order valence-electron chi connectivity index (χ3n) is 3.74. The van der Waals surface area contributed by atoms with Crippen molar-refractivity contribution in [1.29, 1.82) is 0 Å². The first-order valence-electron chi connectivity index (χ1n) is 7.05. The van der Waals surface area contributed by atoms with Crippen molar-refractivity contribution >= 4 is 11.8 Å². The van der Waals surface area contributed by atoms with Gasteiger partial charge in [0.15, 0.2) is 5.69 Å². The Morgan fingerprint density at radius 3 is 2.95 bits per heavy atom. The summed E-state index contributed by atoms with van der Waals surface area (Å²) in [6.45, 7) is 5.86. The molecule has 0 aliphatic carbocycles. The standard InChI is InChI=1S/C15H22N2O3/c1-15(2,12-7-3-4-9-20-12)10-16-13-8-5-6-11(17-13)14(18)19/h5-6,8,12H,3-4,7,9-10H2,1-2H3,(H,16,17)(H,18,19). The Hall–Kier alpha value is -1.62. The predicted octanol–water partition coefficient (Wildman–Crippen LogP) is 2.79. The van der Waals surface area contributed by atoms with E-state index < -0.39 is 5.97 Å². The molecule has 1 aromatic rings. The molecule has 0 bridgehead atoms. The Bertz CT molecular complexity index is 468. The van der Waals surface area contributed by atoms with Crippen molar-refractivity contribution < 1.29 is 14.6 Å². The van der Waals surface area contributed by atoms with Crippen LogP contribution in [0.3, 0.4) is 0 Å². The summed E-state index contributed by atoms with van der Waals surface area (Å²) in [6.07, 6.45) is 3.67. The summed E-state index contributed by atoms with van der Waals surface area (Å²) < 4.78 is 5.84. The summed E-state index contributed by atoms with van der Waals surface area (Å²) in [6, 6.07) is 4.97. The van der Waals surface area contributed by atoms with Gasteiger partial charge in [0.05, 0.1) is 6.10 Å². The van der Waals surface area contributed by atoms with E-state index in [2.05, 4.69) is 24.1 Å². The quantitative estimate of drug-likeness (QED) is 0.866. The lowest BCUT2D eigenvalue weighted by atomic mass is 9.82. The minimum absolute atomic E-state index is 0.0126. The molecule has 1 saturated heterocycles. The zero-order valence-electron chi connectivity index (χ0n) is 12.1. The van der Waals surface area contributed by atoms with Gasteiger partial charge >= 0.3 is 5.97 Å². The van der Waals surface area contributed by atoms with Crippen LogP contribution < -0.4 is 5.32 Å². The van der Waals surface area contributed by atoms with Crippen LogP contribution in [0.5, 0.6) is 0 Å². The molecule has 0 radical (unpaired) electrons. The SMILES string of the molecule is CC(C)(CNc1cccc(C(=O)O)n1)C1CCCCO1. The van der Waals surface area contributed by atoms with Crippen LogP contribution in [-0.2, 0) is 4.74 Å². The van der Waals surface area contributed by atoms with Gasteiger partial charge in [0.1, 0.15) is 5.82 Å². The number of anilines is 1. The maximum atomic E-state index is 10.9. The first-order chi connectivity index (χ1) is 9.49. The molecule has 110 valence electrons. The molecule has 20 heavy (non-hydrogen) atoms. The lowest BCUT2D eigenvalue weighted by molar-refractivity contribution is -0.0494. The number of carbonyl (C=O) groups is 1. The minimum Gasteiger partial charge on any atom is -0.477 e. The summed E-state index contributed by atoms with van der Waals surface area (Å²) in [4.78, 5) is 15.0. The maximum Gasteiger partial charge on any atom is 0.354 e. The van der Waals surface area contributed by atoms with Gasteiger partial charge in [-0.2, -0.15) is 0 Å². The highest BCUT2D eigenvalue weighted by atomic mass is 16.5. The Kier molecular flexibility index (Phi) is 4.60. The lowest BCUT2D eigenvalue weighted by Crippen LogP contribution is -2.39. The van der Waals surface area contributed by atoms with Crippen LogP contribution in [0, 0.1) is 5.41 Å². The molecule has 5 heteroatoms. The van der Waals surface area contributed by atoms with E-state index in [0.29, 0.717) is 12.4 Å². The van der Waals surface area contributed by atoms with Crippen molar-refractivity contribution in [1.82, 2.24) is 4.98 Å². The van der Waals surface area contributed by atoms with Gasteiger partial charge in [-0.1, -0.05) is 19.9 Å². The number of hydrogen-bond acceptors (Lipinski definition) is 4. The molecular formula is C15H22N2O3. The predicted molar refractivity (Wildman–Crippen MR) is 77.1 cm³/mol. The van der Waals surface area contributed by atoms with Crippen LogP contribution in [0.2, 0.25) is 0 Å². The van der Waals surface area contributed by atoms with Crippen LogP contribution in [0.1, 0.15) is 43.6 Å². The fourth-order valence-electron chi connectivity index (χ4n) is 2.44. The third kappa shape index (κ3) is 3.70. The van der Waals surface area contributed by atoms with Crippen molar-refractivity contribution in [2.24, 2.45) is 5.41 Å². The van der Waals surface area contributed by atoms with Crippen molar-refractivity contribution in [2.75, 3.05) is 18.5 Å². The van der Waals surface area contributed by atoms with Crippen LogP contribution in [0.25, 0.3) is 0 Å². The number of rotatable bonds is 5. The number of hydrogen-bond donors (Lipinski definition) is 2. The molecule has 2 N–H and O–H groups in total. The second-order valence-corrected chi connectivity index (χ2v) is 5.91. The first-order valence-corrected chi connectivity index (χ1v) is 7.05. The molecule has 1 aliphatic rings. The Balaban J connectivity index is 1.96. The van der Waals surface area contributed by atoms with Crippen LogP contribution in [0.4, 0.5) is 5.82 Å². The zero-order chi connectivity index (χ0) is 14.6. The van der Waals surface area contributed by atoms with Gasteiger partial charge in [-0.25, -0.2) is 9.78 Å². The van der Waals surface area contributed by atoms with Gasteiger partial charge in [0.25, 0.3) is 0 Å². The zero-order valence-corrected chi connectivity index (χ0v) is 12.1. The summed E-state index contributed by atoms with van der Waals surface area (Å²) in [5, 5.41) is 12.2. The number of nitrogens with zero attached hydrogens (tertiary/aromatic N) is 1. The highest BCUT2D eigenvalue weighted by Crippen LogP contribution is 2.30. The topological polar surface area (TPSA) is 71.5 Å². The molecular weight excluding hydrogens is 256 g/mol. The molecule has 0 saturated carbocycles. The lowest BCUT2D eigenvalue weighted by Gasteiger charge is -2.37. The molecule has 2 heterocycles. The van der Waals surface area contributed by atoms with Crippen molar-refractivity contribution in [2.45, 2.75) is 39.2 Å². The summed E-state index contributed by atoms with van der Waals surface area (Å²) in [7, 11) is 0. The second kappa shape index (κ2) is 6.22. The number of aromatic carboxylic acids is 1. The Labute approximate surface area is 119 Å². The highest BCUT2D eigenvalue weighted by molar-refractivity contribution is 5.85. The molecule has 0 amide bonds. The smallest absolute Gasteiger partial charge is 0.354 e. The Morgan fingerprint density at radius 2 is 2.30 bits per heavy atom. The number of ether oxygens (including phenoxy) is 1. The van der Waals surface area contributed by atoms with E-state index in [-0.39, 0.29) is 17.2 Å². The van der Waals surface area contributed by atoms with Crippen LogP contribution in [0.15, 0.2) is 18.2 Å². The van der Waals surface area contributed by atoms with Crippen molar-refractivity contribution in [3.05, 3.63) is 23.9 Å². The normalized spacial score (nSPS) is 19.6. The molecule has 1 fully saturated rings. The fourth-order valence-corrected chi connectivity index (χ4v) is 2.44. The Morgan fingerprint density at radius 1 is 1.50 bits per heavy atom. The van der Waals surface area contributed by atoms with Crippen molar-refractivity contribution in [3.8, 4) is 0 Å². The molecule has 5 nitrogen and oxygen atoms in total. The van der Waals surface area contributed by atoms with E-state index in [1.165, 1.54) is 12.5 Å². The summed E-state index contributed by atoms with van der Waals surface area (Å²) >= 11 is 0. The number of carboxylic acid groups (broad SMARTS) is 1. The van der Waals surface area contributed by atoms with E-state index in [1.807, 2.05) is 0 Å². The number of nitrogens with one attached hydrogen (secondary N) is 1. The molecule has 2 rings (SSSR count). The van der Waals surface area contributed by atoms with E-state index in [1.54, 1.807) is 12.1 Å². The van der Waals surface area contributed by atoms with E-state index in [4.69, 9.17) is 9.84 Å². The van der Waals surface area contributed by atoms with Gasteiger partial charge < -0.3 is 15.2 Å². The third-order valence-corrected chi connectivity index (χ3v) is 3.74. The number of aromatic nitrogens is 1. The average Bonchev–Trinajstić information content (AvgIpc) is 2.46. The van der Waals surface area contributed by atoms with Crippen LogP contribution in [-0.4, -0.2) is 35.3 Å². The van der Waals surface area contributed by atoms with Crippen molar-refractivity contribution in [3.63, 3.8) is 0 Å². The molecule has 1 unspecified atom stereocenters. The average molecular weight is 278 g/mol. The highest BCUT2D eigenvalue weighted by Gasteiger charge is 2.31. The maximum absolute atomic E-state index is 10.9. The molecule has 0 aromatic carbocycles. The fraction of sp³-hybridized carbons (Fsp3) is 0.600. The monoisotopic (exact) mass is 278 g/mol. The first kappa shape index (κ1) is 14.8. The molecule has 1 aromatic heterocycles. The van der Waals surface area contributed by atoms with E-state index in [9.17, 15) is 4.79 Å². The second-order valence-electron chi connectivity index (χ2n) is 5.91. The molecule has 1 aliphatic heterocycles. The molecule has 0 spiro atoms. The number of pyridine rings is 1.